The fourth-order valence-electron chi connectivity index (χ4n) is 3.29. The van der Waals surface area contributed by atoms with E-state index in [-0.39, 0.29) is 24.5 Å². The van der Waals surface area contributed by atoms with Crippen LogP contribution in [0.5, 0.6) is 0 Å². The molecule has 0 spiro atoms. The molecule has 1 N–H and O–H groups in total. The number of aromatic nitrogens is 1. The van der Waals surface area contributed by atoms with Crippen molar-refractivity contribution in [1.82, 2.24) is 14.8 Å². The number of nitrogens with zero attached hydrogens (tertiary/aromatic N) is 2. The summed E-state index contributed by atoms with van der Waals surface area (Å²) in [5.41, 5.74) is 0.311. The van der Waals surface area contributed by atoms with Crippen molar-refractivity contribution in [3.05, 3.63) is 17.5 Å². The van der Waals surface area contributed by atoms with Crippen molar-refractivity contribution in [3.63, 3.8) is 0 Å². The smallest absolute Gasteiger partial charge is 0.276 e. The summed E-state index contributed by atoms with van der Waals surface area (Å²) in [5, 5.41) is 3.77. The second-order valence-electron chi connectivity index (χ2n) is 6.28. The van der Waals surface area contributed by atoms with Gasteiger partial charge in [-0.05, 0) is 19.3 Å². The molecule has 0 saturated carbocycles. The number of sulfonamides is 1. The summed E-state index contributed by atoms with van der Waals surface area (Å²) in [7, 11) is -3.25. The zero-order valence-corrected chi connectivity index (χ0v) is 14.0. The van der Waals surface area contributed by atoms with Crippen LogP contribution in [0.3, 0.4) is 0 Å². The Labute approximate surface area is 135 Å². The number of carbonyl (C=O) groups is 1. The first-order valence-corrected chi connectivity index (χ1v) is 9.51. The lowest BCUT2D eigenvalue weighted by Crippen LogP contribution is -2.47. The van der Waals surface area contributed by atoms with Gasteiger partial charge in [0.25, 0.3) is 5.91 Å². The number of hydrogen-bond donors (Lipinski definition) is 1. The van der Waals surface area contributed by atoms with Gasteiger partial charge in [0.15, 0.2) is 5.69 Å². The summed E-state index contributed by atoms with van der Waals surface area (Å²) in [4.78, 5) is 14.2. The van der Waals surface area contributed by atoms with Crippen molar-refractivity contribution < 1.29 is 22.5 Å². The predicted octanol–water partition coefficient (Wildman–Crippen LogP) is 0.00932. The molecule has 3 rings (SSSR count). The Bertz CT molecular complexity index is 686. The Morgan fingerprint density at radius 2 is 2.30 bits per heavy atom. The maximum absolute atomic E-state index is 12.5. The Kier molecular flexibility index (Phi) is 4.43. The van der Waals surface area contributed by atoms with E-state index >= 15 is 0 Å². The molecule has 9 heteroatoms. The highest BCUT2D eigenvalue weighted by Crippen LogP contribution is 2.34. The van der Waals surface area contributed by atoms with E-state index in [1.54, 1.807) is 17.9 Å². The fourth-order valence-corrected chi connectivity index (χ4v) is 3.75. The quantitative estimate of drug-likeness (QED) is 0.826. The van der Waals surface area contributed by atoms with E-state index in [1.807, 2.05) is 0 Å². The van der Waals surface area contributed by atoms with Gasteiger partial charge in [-0.3, -0.25) is 4.79 Å². The van der Waals surface area contributed by atoms with Gasteiger partial charge < -0.3 is 14.2 Å². The molecular formula is C14H21N3O5S. The van der Waals surface area contributed by atoms with Crippen molar-refractivity contribution in [2.75, 3.05) is 32.5 Å². The summed E-state index contributed by atoms with van der Waals surface area (Å²) >= 11 is 0. The van der Waals surface area contributed by atoms with Crippen LogP contribution in [0.2, 0.25) is 0 Å². The van der Waals surface area contributed by atoms with Crippen LogP contribution >= 0.6 is 0 Å². The lowest BCUT2D eigenvalue weighted by molar-refractivity contribution is 0.0554. The monoisotopic (exact) mass is 343 g/mol. The number of likely N-dealkylation sites (tertiary alicyclic amines) is 1. The third kappa shape index (κ3) is 3.73. The van der Waals surface area contributed by atoms with Crippen LogP contribution in [0.15, 0.2) is 10.6 Å². The molecule has 3 atom stereocenters. The largest absolute Gasteiger partial charge is 0.376 e. The van der Waals surface area contributed by atoms with Crippen LogP contribution in [-0.2, 0) is 14.8 Å². The number of amides is 1. The third-order valence-electron chi connectivity index (χ3n) is 4.49. The van der Waals surface area contributed by atoms with Gasteiger partial charge in [-0.1, -0.05) is 5.16 Å². The minimum Gasteiger partial charge on any atom is -0.376 e. The number of carbonyl (C=O) groups excluding carboxylic acids is 1. The zero-order valence-electron chi connectivity index (χ0n) is 13.2. The molecule has 1 aromatic rings. The van der Waals surface area contributed by atoms with Crippen LogP contribution in [0.1, 0.15) is 22.7 Å². The molecule has 1 aromatic heterocycles. The highest BCUT2D eigenvalue weighted by atomic mass is 32.2. The number of ether oxygens (including phenoxy) is 1. The number of aryl methyl sites for hydroxylation is 1. The molecule has 0 bridgehead atoms. The molecule has 2 fully saturated rings. The van der Waals surface area contributed by atoms with Crippen molar-refractivity contribution >= 4 is 15.9 Å². The summed E-state index contributed by atoms with van der Waals surface area (Å²) in [6.45, 7) is 3.80. The number of hydrogen-bond acceptors (Lipinski definition) is 6. The molecular weight excluding hydrogens is 322 g/mol. The van der Waals surface area contributed by atoms with Gasteiger partial charge in [0.05, 0.1) is 19.0 Å². The van der Waals surface area contributed by atoms with Crippen molar-refractivity contribution in [1.29, 1.82) is 0 Å². The summed E-state index contributed by atoms with van der Waals surface area (Å²) < 4.78 is 35.7. The second kappa shape index (κ2) is 6.21. The summed E-state index contributed by atoms with van der Waals surface area (Å²) in [6, 6.07) is 1.63. The Morgan fingerprint density at radius 1 is 1.52 bits per heavy atom. The molecule has 0 radical (unpaired) electrons. The SMILES string of the molecule is Cc1cc(C(=O)N2CC[C@@H]3CO[C@@H](CNS(C)(=O)=O)[C@@H]3C2)no1. The molecule has 2 aliphatic heterocycles. The molecule has 8 nitrogen and oxygen atoms in total. The molecule has 0 aromatic carbocycles. The molecule has 1 amide bonds. The van der Waals surface area contributed by atoms with Gasteiger partial charge in [0.1, 0.15) is 5.76 Å². The molecule has 128 valence electrons. The van der Waals surface area contributed by atoms with Gasteiger partial charge >= 0.3 is 0 Å². The number of nitrogens with one attached hydrogen (secondary N) is 1. The van der Waals surface area contributed by atoms with E-state index < -0.39 is 10.0 Å². The van der Waals surface area contributed by atoms with Crippen LogP contribution < -0.4 is 4.72 Å². The number of fused-ring (bicyclic) bond motifs is 1. The van der Waals surface area contributed by atoms with Crippen molar-refractivity contribution in [3.8, 4) is 0 Å². The van der Waals surface area contributed by atoms with Crippen molar-refractivity contribution in [2.45, 2.75) is 19.4 Å². The van der Waals surface area contributed by atoms with Crippen molar-refractivity contribution in [2.24, 2.45) is 11.8 Å². The maximum atomic E-state index is 12.5. The lowest BCUT2D eigenvalue weighted by Gasteiger charge is -2.35. The van der Waals surface area contributed by atoms with Gasteiger partial charge in [-0.2, -0.15) is 0 Å². The third-order valence-corrected chi connectivity index (χ3v) is 5.18. The average Bonchev–Trinajstić information content (AvgIpc) is 3.09. The Balaban J connectivity index is 1.65. The molecule has 0 aliphatic carbocycles. The van der Waals surface area contributed by atoms with E-state index in [0.29, 0.717) is 37.1 Å². The first-order valence-electron chi connectivity index (χ1n) is 7.62. The summed E-state index contributed by atoms with van der Waals surface area (Å²) in [5.74, 6) is 0.948. The number of rotatable bonds is 4. The van der Waals surface area contributed by atoms with Gasteiger partial charge in [0.2, 0.25) is 10.0 Å². The summed E-state index contributed by atoms with van der Waals surface area (Å²) in [6.07, 6.45) is 1.77. The normalized spacial score (nSPS) is 27.9. The minimum absolute atomic E-state index is 0.134. The van der Waals surface area contributed by atoms with E-state index in [4.69, 9.17) is 9.26 Å². The Morgan fingerprint density at radius 3 is 2.96 bits per heavy atom. The van der Waals surface area contributed by atoms with E-state index in [2.05, 4.69) is 9.88 Å². The van der Waals surface area contributed by atoms with Crippen LogP contribution in [0.4, 0.5) is 0 Å². The topological polar surface area (TPSA) is 102 Å². The standard InChI is InChI=1S/C14H21N3O5S/c1-9-5-12(16-22-9)14(18)17-4-3-10-8-21-13(11(10)7-17)6-15-23(2,19)20/h5,10-11,13,15H,3-4,6-8H2,1-2H3/t10-,11-,13+/m1/s1. The van der Waals surface area contributed by atoms with E-state index in [1.165, 1.54) is 0 Å². The van der Waals surface area contributed by atoms with E-state index in [0.717, 1.165) is 12.7 Å². The lowest BCUT2D eigenvalue weighted by atomic mass is 9.84. The highest BCUT2D eigenvalue weighted by Gasteiger charge is 2.42. The Hall–Kier alpha value is -1.45. The van der Waals surface area contributed by atoms with Gasteiger partial charge in [0, 0.05) is 31.6 Å². The van der Waals surface area contributed by atoms with E-state index in [9.17, 15) is 13.2 Å². The van der Waals surface area contributed by atoms with Crippen LogP contribution in [-0.4, -0.2) is 63.0 Å². The first kappa shape index (κ1) is 16.4. The molecule has 0 unspecified atom stereocenters. The van der Waals surface area contributed by atoms with Crippen LogP contribution in [0, 0.1) is 18.8 Å². The van der Waals surface area contributed by atoms with Crippen LogP contribution in [0.25, 0.3) is 0 Å². The zero-order chi connectivity index (χ0) is 16.6. The fraction of sp³-hybridized carbons (Fsp3) is 0.714. The molecule has 2 saturated heterocycles. The highest BCUT2D eigenvalue weighted by molar-refractivity contribution is 7.88. The second-order valence-corrected chi connectivity index (χ2v) is 8.11. The minimum atomic E-state index is -3.25. The molecule has 2 aliphatic rings. The van der Waals surface area contributed by atoms with Gasteiger partial charge in [-0.15, -0.1) is 0 Å². The molecule has 3 heterocycles. The maximum Gasteiger partial charge on any atom is 0.276 e. The first-order chi connectivity index (χ1) is 10.8. The average molecular weight is 343 g/mol. The molecule has 23 heavy (non-hydrogen) atoms. The number of piperidine rings is 1. The van der Waals surface area contributed by atoms with Gasteiger partial charge in [-0.25, -0.2) is 13.1 Å². The predicted molar refractivity (Wildman–Crippen MR) is 81.3 cm³/mol.